The van der Waals surface area contributed by atoms with Crippen molar-refractivity contribution in [2.45, 2.75) is 12.8 Å². The maximum Gasteiger partial charge on any atom is 0.416 e. The van der Waals surface area contributed by atoms with Gasteiger partial charge in [0.05, 0.1) is 12.2 Å². The summed E-state index contributed by atoms with van der Waals surface area (Å²) in [7, 11) is 0. The summed E-state index contributed by atoms with van der Waals surface area (Å²) in [6.45, 7) is -0.247. The minimum absolute atomic E-state index is 0.0368. The van der Waals surface area contributed by atoms with Crippen molar-refractivity contribution in [3.63, 3.8) is 0 Å². The topological polar surface area (TPSA) is 58.6 Å². The molecule has 4 nitrogen and oxygen atoms in total. The third-order valence-corrected chi connectivity index (χ3v) is 3.23. The van der Waals surface area contributed by atoms with Crippen LogP contribution in [0.5, 0.6) is 5.75 Å². The van der Waals surface area contributed by atoms with Crippen molar-refractivity contribution in [1.82, 2.24) is 5.32 Å². The molecule has 0 bridgehead atoms. The first-order chi connectivity index (χ1) is 11.4. The van der Waals surface area contributed by atoms with Crippen LogP contribution in [0.4, 0.5) is 13.2 Å². The fraction of sp³-hybridized carbons (Fsp3) is 0.235. The van der Waals surface area contributed by atoms with E-state index in [0.29, 0.717) is 11.3 Å². The van der Waals surface area contributed by atoms with E-state index in [-0.39, 0.29) is 31.2 Å². The first-order valence-electron chi connectivity index (χ1n) is 7.19. The van der Waals surface area contributed by atoms with E-state index < -0.39 is 11.7 Å². The molecular formula is C17H16F3NO3. The monoisotopic (exact) mass is 339 g/mol. The average molecular weight is 339 g/mol. The van der Waals surface area contributed by atoms with Crippen LogP contribution in [-0.2, 0) is 12.8 Å². The van der Waals surface area contributed by atoms with Gasteiger partial charge >= 0.3 is 6.18 Å². The summed E-state index contributed by atoms with van der Waals surface area (Å²) in [5, 5.41) is 11.1. The lowest BCUT2D eigenvalue weighted by molar-refractivity contribution is -0.138. The molecule has 2 N–H and O–H groups in total. The van der Waals surface area contributed by atoms with Gasteiger partial charge in [-0.1, -0.05) is 18.2 Å². The van der Waals surface area contributed by atoms with Gasteiger partial charge in [0.1, 0.15) is 12.4 Å². The molecule has 0 saturated carbocycles. The van der Waals surface area contributed by atoms with E-state index in [0.717, 1.165) is 6.07 Å². The van der Waals surface area contributed by atoms with Crippen molar-refractivity contribution >= 4 is 5.91 Å². The van der Waals surface area contributed by atoms with Crippen molar-refractivity contribution in [3.8, 4) is 5.75 Å². The number of carbonyl (C=O) groups is 1. The van der Waals surface area contributed by atoms with E-state index in [1.165, 1.54) is 42.5 Å². The van der Waals surface area contributed by atoms with Crippen molar-refractivity contribution in [1.29, 1.82) is 0 Å². The molecule has 0 spiro atoms. The second-order valence-corrected chi connectivity index (χ2v) is 4.95. The molecule has 0 radical (unpaired) electrons. The molecule has 0 saturated heterocycles. The largest absolute Gasteiger partial charge is 0.489 e. The predicted octanol–water partition coefficient (Wildman–Crippen LogP) is 3.01. The highest BCUT2D eigenvalue weighted by atomic mass is 19.4. The fourth-order valence-corrected chi connectivity index (χ4v) is 2.06. The van der Waals surface area contributed by atoms with E-state index in [4.69, 9.17) is 9.84 Å². The lowest BCUT2D eigenvalue weighted by Crippen LogP contribution is -2.26. The molecule has 0 aromatic heterocycles. The number of amides is 1. The van der Waals surface area contributed by atoms with E-state index >= 15 is 0 Å². The number of hydrogen-bond acceptors (Lipinski definition) is 3. The van der Waals surface area contributed by atoms with Crippen LogP contribution in [0.1, 0.15) is 21.5 Å². The van der Waals surface area contributed by atoms with Gasteiger partial charge in [-0.3, -0.25) is 4.79 Å². The summed E-state index contributed by atoms with van der Waals surface area (Å²) in [6, 6.07) is 11.2. The maximum atomic E-state index is 12.9. The second-order valence-electron chi connectivity index (χ2n) is 4.95. The van der Waals surface area contributed by atoms with Crippen LogP contribution >= 0.6 is 0 Å². The molecule has 0 atom stereocenters. The third-order valence-electron chi connectivity index (χ3n) is 3.23. The number of aliphatic hydroxyl groups is 1. The number of halogens is 3. The van der Waals surface area contributed by atoms with Crippen LogP contribution in [-0.4, -0.2) is 24.2 Å². The Hall–Kier alpha value is -2.54. The van der Waals surface area contributed by atoms with E-state index in [2.05, 4.69) is 5.32 Å². The van der Waals surface area contributed by atoms with Gasteiger partial charge in [-0.25, -0.2) is 0 Å². The minimum atomic E-state index is -4.44. The fourth-order valence-electron chi connectivity index (χ4n) is 2.06. The molecular weight excluding hydrogens is 323 g/mol. The van der Waals surface area contributed by atoms with Crippen LogP contribution in [0.25, 0.3) is 0 Å². The molecule has 1 amide bonds. The van der Waals surface area contributed by atoms with Crippen molar-refractivity contribution in [3.05, 3.63) is 65.2 Å². The van der Waals surface area contributed by atoms with Gasteiger partial charge in [0.25, 0.3) is 5.91 Å². The molecule has 0 aliphatic carbocycles. The van der Waals surface area contributed by atoms with Crippen molar-refractivity contribution < 1.29 is 27.8 Å². The lowest BCUT2D eigenvalue weighted by Gasteiger charge is -2.13. The number of aliphatic hydroxyl groups excluding tert-OH is 1. The van der Waals surface area contributed by atoms with Crippen LogP contribution in [0.3, 0.4) is 0 Å². The highest BCUT2D eigenvalue weighted by Crippen LogP contribution is 2.32. The summed E-state index contributed by atoms with van der Waals surface area (Å²) in [6.07, 6.45) is -4.44. The van der Waals surface area contributed by atoms with Crippen LogP contribution in [0.15, 0.2) is 48.5 Å². The first kappa shape index (κ1) is 17.8. The Balaban J connectivity index is 2.02. The van der Waals surface area contributed by atoms with Crippen LogP contribution in [0, 0.1) is 0 Å². The number of carbonyl (C=O) groups excluding carboxylic acids is 1. The number of ether oxygens (including phenoxy) is 1. The van der Waals surface area contributed by atoms with Crippen LogP contribution < -0.4 is 10.1 Å². The van der Waals surface area contributed by atoms with Gasteiger partial charge in [0, 0.05) is 17.7 Å². The minimum Gasteiger partial charge on any atom is -0.489 e. The molecule has 2 aromatic rings. The summed E-state index contributed by atoms with van der Waals surface area (Å²) in [4.78, 5) is 11.7. The first-order valence-corrected chi connectivity index (χ1v) is 7.19. The van der Waals surface area contributed by atoms with Gasteiger partial charge < -0.3 is 15.2 Å². The normalized spacial score (nSPS) is 11.2. The zero-order valence-corrected chi connectivity index (χ0v) is 12.6. The number of alkyl halides is 3. The average Bonchev–Trinajstić information content (AvgIpc) is 2.57. The van der Waals surface area contributed by atoms with E-state index in [1.54, 1.807) is 0 Å². The Kier molecular flexibility index (Phi) is 5.81. The van der Waals surface area contributed by atoms with E-state index in [9.17, 15) is 18.0 Å². The van der Waals surface area contributed by atoms with Crippen LogP contribution in [0.2, 0.25) is 0 Å². The highest BCUT2D eigenvalue weighted by molar-refractivity contribution is 5.94. The number of hydrogen-bond donors (Lipinski definition) is 2. The maximum absolute atomic E-state index is 12.9. The number of rotatable bonds is 6. The van der Waals surface area contributed by atoms with Gasteiger partial charge in [0.15, 0.2) is 0 Å². The SMILES string of the molecule is O=C(NCCO)c1ccc(OCc2ccccc2C(F)(F)F)cc1. The Morgan fingerprint density at radius 2 is 1.75 bits per heavy atom. The Bertz CT molecular complexity index is 684. The molecule has 0 aliphatic rings. The van der Waals surface area contributed by atoms with E-state index in [1.807, 2.05) is 0 Å². The molecule has 0 fully saturated rings. The highest BCUT2D eigenvalue weighted by Gasteiger charge is 2.32. The predicted molar refractivity (Wildman–Crippen MR) is 81.6 cm³/mol. The molecule has 24 heavy (non-hydrogen) atoms. The number of benzene rings is 2. The van der Waals surface area contributed by atoms with Gasteiger partial charge in [0.2, 0.25) is 0 Å². The van der Waals surface area contributed by atoms with Gasteiger partial charge in [-0.05, 0) is 30.3 Å². The Labute approximate surface area is 136 Å². The summed E-state index contributed by atoms with van der Waals surface area (Å²) < 4.78 is 44.1. The lowest BCUT2D eigenvalue weighted by atomic mass is 10.1. The molecule has 0 aliphatic heterocycles. The zero-order chi connectivity index (χ0) is 17.6. The molecule has 0 heterocycles. The Morgan fingerprint density at radius 1 is 1.08 bits per heavy atom. The smallest absolute Gasteiger partial charge is 0.416 e. The number of nitrogens with one attached hydrogen (secondary N) is 1. The summed E-state index contributed by atoms with van der Waals surface area (Å²) in [5.41, 5.74) is -0.328. The Morgan fingerprint density at radius 3 is 2.38 bits per heavy atom. The molecule has 128 valence electrons. The van der Waals surface area contributed by atoms with Gasteiger partial charge in [-0.15, -0.1) is 0 Å². The standard InChI is InChI=1S/C17H16F3NO3/c18-17(19,20)15-4-2-1-3-13(15)11-24-14-7-5-12(6-8-14)16(23)21-9-10-22/h1-8,22H,9-11H2,(H,21,23). The third kappa shape index (κ3) is 4.73. The molecule has 2 rings (SSSR count). The quantitative estimate of drug-likeness (QED) is 0.851. The van der Waals surface area contributed by atoms with Crippen molar-refractivity contribution in [2.75, 3.05) is 13.2 Å². The molecule has 0 unspecified atom stereocenters. The van der Waals surface area contributed by atoms with Crippen molar-refractivity contribution in [2.24, 2.45) is 0 Å². The second kappa shape index (κ2) is 7.83. The molecule has 7 heteroatoms. The van der Waals surface area contributed by atoms with Gasteiger partial charge in [-0.2, -0.15) is 13.2 Å². The molecule has 2 aromatic carbocycles. The summed E-state index contributed by atoms with van der Waals surface area (Å²) in [5.74, 6) is 0.00343. The zero-order valence-electron chi connectivity index (χ0n) is 12.6. The summed E-state index contributed by atoms with van der Waals surface area (Å²) >= 11 is 0.